The van der Waals surface area contributed by atoms with E-state index in [0.717, 1.165) is 13.1 Å². The van der Waals surface area contributed by atoms with Crippen LogP contribution in [0.2, 0.25) is 0 Å². The Labute approximate surface area is 103 Å². The molecule has 3 nitrogen and oxygen atoms in total. The number of hydrogen-bond donors (Lipinski definition) is 1. The summed E-state index contributed by atoms with van der Waals surface area (Å²) in [6.07, 6.45) is 2.44. The summed E-state index contributed by atoms with van der Waals surface area (Å²) in [6.45, 7) is 8.38. The van der Waals surface area contributed by atoms with Crippen LogP contribution in [0.25, 0.3) is 0 Å². The number of hydrogen-bond acceptors (Lipinski definition) is 3. The molecule has 1 amide bonds. The number of carbonyl (C=O) groups excluding carboxylic acids is 1. The SMILES string of the molecule is CN(CC1CCCN1)C(=O)CSC(C)(C)C. The third-order valence-electron chi connectivity index (χ3n) is 2.71. The molecule has 0 aromatic carbocycles. The molecule has 1 heterocycles. The Balaban J connectivity index is 2.24. The standard InChI is InChI=1S/C12H24N2OS/c1-12(2,3)16-9-11(15)14(4)8-10-6-5-7-13-10/h10,13H,5-9H2,1-4H3. The van der Waals surface area contributed by atoms with Crippen molar-refractivity contribution in [3.05, 3.63) is 0 Å². The van der Waals surface area contributed by atoms with E-state index >= 15 is 0 Å². The molecule has 1 saturated heterocycles. The number of nitrogens with zero attached hydrogens (tertiary/aromatic N) is 1. The van der Waals surface area contributed by atoms with E-state index in [-0.39, 0.29) is 10.7 Å². The first-order valence-corrected chi connectivity index (χ1v) is 6.98. The predicted octanol–water partition coefficient (Wildman–Crippen LogP) is 1.73. The second-order valence-corrected chi connectivity index (χ2v) is 7.27. The average Bonchev–Trinajstić information content (AvgIpc) is 2.65. The van der Waals surface area contributed by atoms with Gasteiger partial charge in [0.05, 0.1) is 5.75 Å². The summed E-state index contributed by atoms with van der Waals surface area (Å²) in [4.78, 5) is 13.7. The molecule has 1 N–H and O–H groups in total. The largest absolute Gasteiger partial charge is 0.343 e. The molecule has 16 heavy (non-hydrogen) atoms. The van der Waals surface area contributed by atoms with Crippen LogP contribution in [-0.2, 0) is 4.79 Å². The van der Waals surface area contributed by atoms with Crippen LogP contribution in [0.4, 0.5) is 0 Å². The number of nitrogens with one attached hydrogen (secondary N) is 1. The van der Waals surface area contributed by atoms with Crippen LogP contribution in [0.15, 0.2) is 0 Å². The summed E-state index contributed by atoms with van der Waals surface area (Å²) in [5, 5.41) is 3.41. The highest BCUT2D eigenvalue weighted by molar-refractivity contribution is 8.01. The fraction of sp³-hybridized carbons (Fsp3) is 0.917. The number of thioether (sulfide) groups is 1. The lowest BCUT2D eigenvalue weighted by atomic mass is 10.2. The maximum absolute atomic E-state index is 11.9. The van der Waals surface area contributed by atoms with E-state index in [9.17, 15) is 4.79 Å². The van der Waals surface area contributed by atoms with Crippen molar-refractivity contribution in [2.24, 2.45) is 0 Å². The van der Waals surface area contributed by atoms with Gasteiger partial charge in [-0.1, -0.05) is 20.8 Å². The molecule has 1 fully saturated rings. The Hall–Kier alpha value is -0.220. The molecule has 4 heteroatoms. The van der Waals surface area contributed by atoms with Crippen molar-refractivity contribution >= 4 is 17.7 Å². The third-order valence-corrected chi connectivity index (χ3v) is 3.97. The highest BCUT2D eigenvalue weighted by Crippen LogP contribution is 2.23. The Kier molecular flexibility index (Phi) is 5.12. The summed E-state index contributed by atoms with van der Waals surface area (Å²) in [6, 6.07) is 0.508. The van der Waals surface area contributed by atoms with Gasteiger partial charge in [0.2, 0.25) is 5.91 Å². The van der Waals surface area contributed by atoms with Gasteiger partial charge in [-0.3, -0.25) is 4.79 Å². The van der Waals surface area contributed by atoms with Crippen LogP contribution in [0.1, 0.15) is 33.6 Å². The first-order valence-electron chi connectivity index (χ1n) is 6.00. The zero-order chi connectivity index (χ0) is 12.2. The second-order valence-electron chi connectivity index (χ2n) is 5.47. The minimum atomic E-state index is 0.169. The molecule has 0 aliphatic carbocycles. The number of rotatable bonds is 4. The first kappa shape index (κ1) is 13.8. The van der Waals surface area contributed by atoms with Gasteiger partial charge >= 0.3 is 0 Å². The molecule has 1 atom stereocenters. The van der Waals surface area contributed by atoms with E-state index in [0.29, 0.717) is 11.8 Å². The normalized spacial score (nSPS) is 21.1. The molecule has 1 rings (SSSR count). The Morgan fingerprint density at radius 1 is 1.50 bits per heavy atom. The highest BCUT2D eigenvalue weighted by Gasteiger charge is 2.20. The molecule has 0 radical (unpaired) electrons. The molecule has 1 unspecified atom stereocenters. The second kappa shape index (κ2) is 5.92. The van der Waals surface area contributed by atoms with Crippen LogP contribution >= 0.6 is 11.8 Å². The molecule has 0 aromatic rings. The summed E-state index contributed by atoms with van der Waals surface area (Å²) in [7, 11) is 1.91. The van der Waals surface area contributed by atoms with Gasteiger partial charge in [0.1, 0.15) is 0 Å². The lowest BCUT2D eigenvalue weighted by Crippen LogP contribution is -2.39. The van der Waals surface area contributed by atoms with Crippen molar-refractivity contribution in [3.8, 4) is 0 Å². The summed E-state index contributed by atoms with van der Waals surface area (Å²) in [5.74, 6) is 0.834. The molecule has 1 aliphatic heterocycles. The number of carbonyl (C=O) groups is 1. The molecular weight excluding hydrogens is 220 g/mol. The van der Waals surface area contributed by atoms with Gasteiger partial charge in [-0.25, -0.2) is 0 Å². The summed E-state index contributed by atoms with van der Waals surface area (Å²) >= 11 is 1.72. The van der Waals surface area contributed by atoms with Gasteiger partial charge in [0.15, 0.2) is 0 Å². The maximum Gasteiger partial charge on any atom is 0.232 e. The molecule has 0 bridgehead atoms. The van der Waals surface area contributed by atoms with Crippen LogP contribution in [0.5, 0.6) is 0 Å². The van der Waals surface area contributed by atoms with E-state index in [1.165, 1.54) is 12.8 Å². The molecule has 0 spiro atoms. The van der Waals surface area contributed by atoms with Crippen LogP contribution in [0, 0.1) is 0 Å². The van der Waals surface area contributed by atoms with E-state index in [1.807, 2.05) is 11.9 Å². The molecule has 94 valence electrons. The van der Waals surface area contributed by atoms with Crippen molar-refractivity contribution < 1.29 is 4.79 Å². The van der Waals surface area contributed by atoms with Crippen LogP contribution in [-0.4, -0.2) is 47.5 Å². The van der Waals surface area contributed by atoms with Gasteiger partial charge in [-0.05, 0) is 19.4 Å². The van der Waals surface area contributed by atoms with Gasteiger partial charge in [0, 0.05) is 24.4 Å². The molecule has 0 saturated carbocycles. The van der Waals surface area contributed by atoms with E-state index in [2.05, 4.69) is 26.1 Å². The predicted molar refractivity (Wildman–Crippen MR) is 70.9 cm³/mol. The lowest BCUT2D eigenvalue weighted by molar-refractivity contribution is -0.127. The van der Waals surface area contributed by atoms with Crippen LogP contribution in [0.3, 0.4) is 0 Å². The molecule has 1 aliphatic rings. The monoisotopic (exact) mass is 244 g/mol. The van der Waals surface area contributed by atoms with Crippen molar-refractivity contribution in [3.63, 3.8) is 0 Å². The van der Waals surface area contributed by atoms with Crippen molar-refractivity contribution in [1.29, 1.82) is 0 Å². The Morgan fingerprint density at radius 2 is 2.19 bits per heavy atom. The van der Waals surface area contributed by atoms with Crippen LogP contribution < -0.4 is 5.32 Å². The molecular formula is C12H24N2OS. The first-order chi connectivity index (χ1) is 7.38. The third kappa shape index (κ3) is 5.21. The minimum absolute atomic E-state index is 0.169. The molecule has 0 aromatic heterocycles. The number of amides is 1. The van der Waals surface area contributed by atoms with E-state index in [1.54, 1.807) is 11.8 Å². The van der Waals surface area contributed by atoms with Gasteiger partial charge in [-0.2, -0.15) is 0 Å². The maximum atomic E-state index is 11.9. The summed E-state index contributed by atoms with van der Waals surface area (Å²) in [5.41, 5.74) is 0. The van der Waals surface area contributed by atoms with E-state index < -0.39 is 0 Å². The minimum Gasteiger partial charge on any atom is -0.343 e. The Morgan fingerprint density at radius 3 is 2.69 bits per heavy atom. The average molecular weight is 244 g/mol. The van der Waals surface area contributed by atoms with Gasteiger partial charge < -0.3 is 10.2 Å². The summed E-state index contributed by atoms with van der Waals surface area (Å²) < 4.78 is 0.169. The van der Waals surface area contributed by atoms with Crippen molar-refractivity contribution in [2.45, 2.75) is 44.4 Å². The quantitative estimate of drug-likeness (QED) is 0.817. The zero-order valence-electron chi connectivity index (χ0n) is 10.9. The number of likely N-dealkylation sites (N-methyl/N-ethyl adjacent to an activating group) is 1. The fourth-order valence-electron chi connectivity index (χ4n) is 1.73. The zero-order valence-corrected chi connectivity index (χ0v) is 11.7. The van der Waals surface area contributed by atoms with Crippen molar-refractivity contribution in [2.75, 3.05) is 25.9 Å². The van der Waals surface area contributed by atoms with E-state index in [4.69, 9.17) is 0 Å². The van der Waals surface area contributed by atoms with Gasteiger partial charge in [-0.15, -0.1) is 11.8 Å². The van der Waals surface area contributed by atoms with Gasteiger partial charge in [0.25, 0.3) is 0 Å². The fourth-order valence-corrected chi connectivity index (χ4v) is 2.51. The Bertz CT molecular complexity index is 232. The smallest absolute Gasteiger partial charge is 0.232 e. The highest BCUT2D eigenvalue weighted by atomic mass is 32.2. The lowest BCUT2D eigenvalue weighted by Gasteiger charge is -2.23. The van der Waals surface area contributed by atoms with Crippen molar-refractivity contribution in [1.82, 2.24) is 10.2 Å². The topological polar surface area (TPSA) is 32.3 Å².